The predicted molar refractivity (Wildman–Crippen MR) is 91.0 cm³/mol. The number of nitrogens with zero attached hydrogens (tertiary/aromatic N) is 3. The number of fused-ring (bicyclic) bond motifs is 1. The molecule has 4 rings (SSSR count). The largest absolute Gasteiger partial charge is 0.364 e. The third-order valence-electron chi connectivity index (χ3n) is 4.09. The molecule has 0 aliphatic carbocycles. The highest BCUT2D eigenvalue weighted by Crippen LogP contribution is 2.26. The minimum absolute atomic E-state index is 0.214. The highest BCUT2D eigenvalue weighted by Gasteiger charge is 2.39. The summed E-state index contributed by atoms with van der Waals surface area (Å²) in [6, 6.07) is 13.1. The lowest BCUT2D eigenvalue weighted by molar-refractivity contribution is -0.0584. The lowest BCUT2D eigenvalue weighted by Crippen LogP contribution is -2.32. The molecular weight excluding hydrogens is 334 g/mol. The van der Waals surface area contributed by atoms with Crippen molar-refractivity contribution in [2.45, 2.75) is 0 Å². The Bertz CT molecular complexity index is 1020. The van der Waals surface area contributed by atoms with Gasteiger partial charge >= 0.3 is 5.97 Å². The first-order valence-electron chi connectivity index (χ1n) is 7.84. The maximum Gasteiger partial charge on any atom is 0.364 e. The summed E-state index contributed by atoms with van der Waals surface area (Å²) >= 11 is 0. The van der Waals surface area contributed by atoms with Crippen molar-refractivity contribution in [3.8, 4) is 11.1 Å². The molecule has 0 spiro atoms. The highest BCUT2D eigenvalue weighted by atomic mass is 16.7. The molecule has 2 heterocycles. The van der Waals surface area contributed by atoms with Gasteiger partial charge in [0.25, 0.3) is 11.8 Å². The van der Waals surface area contributed by atoms with Crippen LogP contribution in [0.3, 0.4) is 0 Å². The van der Waals surface area contributed by atoms with E-state index in [1.54, 1.807) is 60.5 Å². The predicted octanol–water partition coefficient (Wildman–Crippen LogP) is 2.46. The molecule has 7 heteroatoms. The summed E-state index contributed by atoms with van der Waals surface area (Å²) in [5, 5.41) is 4.60. The molecule has 0 bridgehead atoms. The lowest BCUT2D eigenvalue weighted by atomic mass is 10.0. The molecule has 128 valence electrons. The molecule has 1 aliphatic rings. The van der Waals surface area contributed by atoms with E-state index in [0.29, 0.717) is 10.6 Å². The van der Waals surface area contributed by atoms with Gasteiger partial charge in [-0.3, -0.25) is 14.3 Å². The molecule has 0 fully saturated rings. The number of hydrogen-bond acceptors (Lipinski definition) is 5. The van der Waals surface area contributed by atoms with Crippen molar-refractivity contribution in [1.82, 2.24) is 14.8 Å². The Kier molecular flexibility index (Phi) is 3.62. The molecule has 0 unspecified atom stereocenters. The molecule has 2 aromatic carbocycles. The van der Waals surface area contributed by atoms with Crippen molar-refractivity contribution in [3.63, 3.8) is 0 Å². The molecule has 0 atom stereocenters. The molecule has 3 aromatic rings. The zero-order chi connectivity index (χ0) is 18.3. The molecule has 0 radical (unpaired) electrons. The molecule has 2 amide bonds. The average molecular weight is 347 g/mol. The monoisotopic (exact) mass is 347 g/mol. The van der Waals surface area contributed by atoms with Crippen molar-refractivity contribution in [3.05, 3.63) is 77.6 Å². The second kappa shape index (κ2) is 5.96. The Morgan fingerprint density at radius 3 is 2.08 bits per heavy atom. The van der Waals surface area contributed by atoms with Crippen LogP contribution in [0.4, 0.5) is 0 Å². The van der Waals surface area contributed by atoms with E-state index in [9.17, 15) is 14.4 Å². The number of imide groups is 1. The van der Waals surface area contributed by atoms with E-state index in [1.165, 1.54) is 12.1 Å². The van der Waals surface area contributed by atoms with E-state index in [-0.39, 0.29) is 16.7 Å². The second-order valence-corrected chi connectivity index (χ2v) is 5.78. The lowest BCUT2D eigenvalue weighted by Gasteiger charge is -2.14. The summed E-state index contributed by atoms with van der Waals surface area (Å²) in [4.78, 5) is 42.5. The first-order chi connectivity index (χ1) is 12.6. The summed E-state index contributed by atoms with van der Waals surface area (Å²) < 4.78 is 1.61. The number of carbonyl (C=O) groups is 3. The number of rotatable bonds is 3. The molecule has 0 saturated carbocycles. The minimum atomic E-state index is -0.793. The van der Waals surface area contributed by atoms with E-state index in [2.05, 4.69) is 5.10 Å². The molecule has 0 N–H and O–H groups in total. The third-order valence-corrected chi connectivity index (χ3v) is 4.09. The maximum atomic E-state index is 12.6. The SMILES string of the molecule is Cn1cc(-c2ccccc2C(=O)ON2C(=O)c3ccccc3C2=O)cn1. The number of hydrogen-bond donors (Lipinski definition) is 0. The van der Waals surface area contributed by atoms with Gasteiger partial charge in [-0.15, -0.1) is 0 Å². The summed E-state index contributed by atoms with van der Waals surface area (Å²) in [6.45, 7) is 0. The Labute approximate surface area is 148 Å². The maximum absolute atomic E-state index is 12.6. The molecule has 7 nitrogen and oxygen atoms in total. The van der Waals surface area contributed by atoms with Gasteiger partial charge in [0.2, 0.25) is 0 Å². The van der Waals surface area contributed by atoms with E-state index < -0.39 is 17.8 Å². The van der Waals surface area contributed by atoms with Gasteiger partial charge in [0.05, 0.1) is 22.9 Å². The summed E-state index contributed by atoms with van der Waals surface area (Å²) in [5.41, 5.74) is 1.98. The zero-order valence-corrected chi connectivity index (χ0v) is 13.7. The first-order valence-corrected chi connectivity index (χ1v) is 7.84. The standard InChI is InChI=1S/C19H13N3O4/c1-21-11-12(10-20-21)13-6-2-5-9-16(13)19(25)26-22-17(23)14-7-3-4-8-15(14)18(22)24/h2-11H,1H3. The van der Waals surface area contributed by atoms with Crippen LogP contribution in [0.1, 0.15) is 31.1 Å². The van der Waals surface area contributed by atoms with Gasteiger partial charge in [0, 0.05) is 18.8 Å². The smallest absolute Gasteiger partial charge is 0.324 e. The number of amides is 2. The summed E-state index contributed by atoms with van der Waals surface area (Å²) in [6.07, 6.45) is 3.38. The van der Waals surface area contributed by atoms with Gasteiger partial charge in [-0.2, -0.15) is 5.10 Å². The van der Waals surface area contributed by atoms with Crippen LogP contribution in [-0.4, -0.2) is 32.6 Å². The highest BCUT2D eigenvalue weighted by molar-refractivity contribution is 6.21. The van der Waals surface area contributed by atoms with Crippen molar-refractivity contribution in [2.24, 2.45) is 7.05 Å². The molecule has 1 aliphatic heterocycles. The van der Waals surface area contributed by atoms with E-state index in [0.717, 1.165) is 5.56 Å². The fourth-order valence-corrected chi connectivity index (χ4v) is 2.86. The van der Waals surface area contributed by atoms with Crippen molar-refractivity contribution >= 4 is 17.8 Å². The quantitative estimate of drug-likeness (QED) is 0.680. The van der Waals surface area contributed by atoms with Crippen LogP contribution in [0.5, 0.6) is 0 Å². The van der Waals surface area contributed by atoms with Crippen molar-refractivity contribution in [1.29, 1.82) is 0 Å². The minimum Gasteiger partial charge on any atom is -0.324 e. The number of hydroxylamine groups is 2. The fraction of sp³-hybridized carbons (Fsp3) is 0.0526. The third kappa shape index (κ3) is 2.46. The van der Waals surface area contributed by atoms with Crippen molar-refractivity contribution in [2.75, 3.05) is 0 Å². The van der Waals surface area contributed by atoms with Crippen LogP contribution >= 0.6 is 0 Å². The first kappa shape index (κ1) is 15.8. The molecule has 1 aromatic heterocycles. The normalized spacial score (nSPS) is 13.0. The Balaban J connectivity index is 1.65. The number of aryl methyl sites for hydroxylation is 1. The van der Waals surface area contributed by atoms with E-state index in [4.69, 9.17) is 4.84 Å². The van der Waals surface area contributed by atoms with Gasteiger partial charge in [0.1, 0.15) is 0 Å². The van der Waals surface area contributed by atoms with Crippen LogP contribution in [0.25, 0.3) is 11.1 Å². The van der Waals surface area contributed by atoms with Crippen LogP contribution in [0, 0.1) is 0 Å². The topological polar surface area (TPSA) is 81.5 Å². The second-order valence-electron chi connectivity index (χ2n) is 5.78. The van der Waals surface area contributed by atoms with E-state index >= 15 is 0 Å². The van der Waals surface area contributed by atoms with Crippen LogP contribution in [0.15, 0.2) is 60.9 Å². The van der Waals surface area contributed by atoms with Gasteiger partial charge in [-0.1, -0.05) is 35.4 Å². The van der Waals surface area contributed by atoms with Gasteiger partial charge in [0.15, 0.2) is 0 Å². The van der Waals surface area contributed by atoms with Gasteiger partial charge in [-0.05, 0) is 23.8 Å². The van der Waals surface area contributed by atoms with E-state index in [1.807, 2.05) is 0 Å². The summed E-state index contributed by atoms with van der Waals surface area (Å²) in [5.74, 6) is -2.10. The van der Waals surface area contributed by atoms with Crippen LogP contribution in [0.2, 0.25) is 0 Å². The van der Waals surface area contributed by atoms with Gasteiger partial charge < -0.3 is 4.84 Å². The number of aromatic nitrogens is 2. The Morgan fingerprint density at radius 2 is 1.50 bits per heavy atom. The summed E-state index contributed by atoms with van der Waals surface area (Å²) in [7, 11) is 1.77. The zero-order valence-electron chi connectivity index (χ0n) is 13.7. The van der Waals surface area contributed by atoms with Crippen molar-refractivity contribution < 1.29 is 19.2 Å². The van der Waals surface area contributed by atoms with Crippen LogP contribution in [-0.2, 0) is 11.9 Å². The van der Waals surface area contributed by atoms with Crippen LogP contribution < -0.4 is 0 Å². The Hall–Kier alpha value is -3.74. The number of benzene rings is 2. The number of carbonyl (C=O) groups excluding carboxylic acids is 3. The molecule has 26 heavy (non-hydrogen) atoms. The average Bonchev–Trinajstić information content (AvgIpc) is 3.19. The Morgan fingerprint density at radius 1 is 0.923 bits per heavy atom. The fourth-order valence-electron chi connectivity index (χ4n) is 2.86. The molecular formula is C19H13N3O4. The van der Waals surface area contributed by atoms with Gasteiger partial charge in [-0.25, -0.2) is 4.79 Å². The molecule has 0 saturated heterocycles.